The molecule has 0 aromatic heterocycles. The number of aromatic hydroxyl groups is 1. The van der Waals surface area contributed by atoms with E-state index in [1.165, 1.54) is 19.2 Å². The molecule has 0 heterocycles. The molecule has 0 saturated heterocycles. The summed E-state index contributed by atoms with van der Waals surface area (Å²) >= 11 is 0. The lowest BCUT2D eigenvalue weighted by molar-refractivity contribution is -0.386. The summed E-state index contributed by atoms with van der Waals surface area (Å²) in [5.41, 5.74) is 0.0860. The SMILES string of the molecule is COc1cc(C)c(O)c([N+](=O)[O-])c1. The van der Waals surface area contributed by atoms with Gasteiger partial charge in [-0.2, -0.15) is 0 Å². The number of nitro groups is 1. The highest BCUT2D eigenvalue weighted by Gasteiger charge is 2.16. The third-order valence-electron chi connectivity index (χ3n) is 1.69. The molecule has 0 bridgehead atoms. The molecule has 1 aromatic carbocycles. The van der Waals surface area contributed by atoms with Gasteiger partial charge >= 0.3 is 5.69 Å². The lowest BCUT2D eigenvalue weighted by Gasteiger charge is -2.03. The normalized spacial score (nSPS) is 9.69. The lowest BCUT2D eigenvalue weighted by Crippen LogP contribution is -1.92. The Kier molecular flexibility index (Phi) is 2.36. The monoisotopic (exact) mass is 183 g/mol. The first-order chi connectivity index (χ1) is 6.06. The maximum absolute atomic E-state index is 10.4. The summed E-state index contributed by atoms with van der Waals surface area (Å²) in [4.78, 5) is 9.78. The summed E-state index contributed by atoms with van der Waals surface area (Å²) in [6.07, 6.45) is 0. The summed E-state index contributed by atoms with van der Waals surface area (Å²) in [7, 11) is 1.41. The predicted molar refractivity (Wildman–Crippen MR) is 46.1 cm³/mol. The molecular formula is C8H9NO4. The van der Waals surface area contributed by atoms with Crippen molar-refractivity contribution in [2.24, 2.45) is 0 Å². The molecule has 0 atom stereocenters. The maximum Gasteiger partial charge on any atom is 0.314 e. The molecule has 0 saturated carbocycles. The van der Waals surface area contributed by atoms with Crippen LogP contribution in [-0.2, 0) is 0 Å². The number of nitrogens with zero attached hydrogens (tertiary/aromatic N) is 1. The molecule has 1 N–H and O–H groups in total. The maximum atomic E-state index is 10.4. The van der Waals surface area contributed by atoms with Gasteiger partial charge in [-0.05, 0) is 13.0 Å². The number of phenolic OH excluding ortho intramolecular Hbond substituents is 1. The van der Waals surface area contributed by atoms with Crippen molar-refractivity contribution in [2.75, 3.05) is 7.11 Å². The highest BCUT2D eigenvalue weighted by molar-refractivity contribution is 5.54. The van der Waals surface area contributed by atoms with Crippen molar-refractivity contribution >= 4 is 5.69 Å². The minimum absolute atomic E-state index is 0.314. The van der Waals surface area contributed by atoms with Gasteiger partial charge in [0.15, 0.2) is 5.75 Å². The van der Waals surface area contributed by atoms with Gasteiger partial charge in [-0.1, -0.05) is 0 Å². The average molecular weight is 183 g/mol. The second kappa shape index (κ2) is 3.30. The van der Waals surface area contributed by atoms with Crippen LogP contribution in [0.3, 0.4) is 0 Å². The molecule has 0 amide bonds. The summed E-state index contributed by atoms with van der Waals surface area (Å²) in [6.45, 7) is 1.57. The molecule has 1 rings (SSSR count). The van der Waals surface area contributed by atoms with Gasteiger partial charge in [-0.3, -0.25) is 10.1 Å². The van der Waals surface area contributed by atoms with E-state index in [0.29, 0.717) is 11.3 Å². The second-order valence-corrected chi connectivity index (χ2v) is 2.57. The fraction of sp³-hybridized carbons (Fsp3) is 0.250. The van der Waals surface area contributed by atoms with Crippen molar-refractivity contribution in [1.29, 1.82) is 0 Å². The molecule has 0 aliphatic rings. The van der Waals surface area contributed by atoms with E-state index >= 15 is 0 Å². The van der Waals surface area contributed by atoms with E-state index in [2.05, 4.69) is 0 Å². The first kappa shape index (κ1) is 9.31. The Hall–Kier alpha value is -1.78. The Bertz CT molecular complexity index is 348. The summed E-state index contributed by atoms with van der Waals surface area (Å²) < 4.78 is 4.83. The van der Waals surface area contributed by atoms with Gasteiger partial charge in [0.05, 0.1) is 18.1 Å². The molecule has 5 nitrogen and oxygen atoms in total. The molecule has 0 unspecified atom stereocenters. The molecule has 70 valence electrons. The van der Waals surface area contributed by atoms with Crippen LogP contribution in [0.15, 0.2) is 12.1 Å². The minimum atomic E-state index is -0.648. The largest absolute Gasteiger partial charge is 0.502 e. The first-order valence-corrected chi connectivity index (χ1v) is 3.58. The molecular weight excluding hydrogens is 174 g/mol. The van der Waals surface area contributed by atoms with Crippen LogP contribution in [0, 0.1) is 17.0 Å². The van der Waals surface area contributed by atoms with Gasteiger partial charge in [-0.25, -0.2) is 0 Å². The molecule has 1 aromatic rings. The number of methoxy groups -OCH3 is 1. The molecule has 5 heteroatoms. The van der Waals surface area contributed by atoms with E-state index in [4.69, 9.17) is 4.74 Å². The third kappa shape index (κ3) is 1.69. The number of nitro benzene ring substituents is 1. The number of hydrogen-bond donors (Lipinski definition) is 1. The quantitative estimate of drug-likeness (QED) is 0.558. The molecule has 0 aliphatic heterocycles. The van der Waals surface area contributed by atoms with Crippen LogP contribution in [0.5, 0.6) is 11.5 Å². The van der Waals surface area contributed by atoms with Crippen LogP contribution in [0.2, 0.25) is 0 Å². The molecule has 0 aliphatic carbocycles. The van der Waals surface area contributed by atoms with Crippen molar-refractivity contribution in [2.45, 2.75) is 6.92 Å². The second-order valence-electron chi connectivity index (χ2n) is 2.57. The van der Waals surface area contributed by atoms with E-state index in [1.807, 2.05) is 0 Å². The Morgan fingerprint density at radius 2 is 2.15 bits per heavy atom. The lowest BCUT2D eigenvalue weighted by atomic mass is 10.2. The highest BCUT2D eigenvalue weighted by atomic mass is 16.6. The molecule has 13 heavy (non-hydrogen) atoms. The zero-order valence-electron chi connectivity index (χ0n) is 7.27. The van der Waals surface area contributed by atoms with Crippen molar-refractivity contribution in [3.63, 3.8) is 0 Å². The Morgan fingerprint density at radius 3 is 2.62 bits per heavy atom. The van der Waals surface area contributed by atoms with E-state index < -0.39 is 4.92 Å². The fourth-order valence-electron chi connectivity index (χ4n) is 0.986. The van der Waals surface area contributed by atoms with E-state index in [1.54, 1.807) is 6.92 Å². The highest BCUT2D eigenvalue weighted by Crippen LogP contribution is 2.33. The van der Waals surface area contributed by atoms with Gasteiger partial charge in [0.25, 0.3) is 0 Å². The predicted octanol–water partition coefficient (Wildman–Crippen LogP) is 1.62. The van der Waals surface area contributed by atoms with Crippen LogP contribution < -0.4 is 4.74 Å². The zero-order chi connectivity index (χ0) is 10.0. The number of hydrogen-bond acceptors (Lipinski definition) is 4. The van der Waals surface area contributed by atoms with Crippen LogP contribution in [0.25, 0.3) is 0 Å². The van der Waals surface area contributed by atoms with Gasteiger partial charge in [0, 0.05) is 5.56 Å². The Labute approximate surface area is 74.7 Å². The average Bonchev–Trinajstić information content (AvgIpc) is 2.09. The van der Waals surface area contributed by atoms with Crippen LogP contribution in [0.4, 0.5) is 5.69 Å². The van der Waals surface area contributed by atoms with Crippen molar-refractivity contribution in [3.05, 3.63) is 27.8 Å². The number of rotatable bonds is 2. The fourth-order valence-corrected chi connectivity index (χ4v) is 0.986. The van der Waals surface area contributed by atoms with E-state index in [9.17, 15) is 15.2 Å². The summed E-state index contributed by atoms with van der Waals surface area (Å²) in [6, 6.07) is 2.71. The minimum Gasteiger partial charge on any atom is -0.502 e. The molecule has 0 spiro atoms. The Morgan fingerprint density at radius 1 is 1.54 bits per heavy atom. The van der Waals surface area contributed by atoms with E-state index in [-0.39, 0.29) is 11.4 Å². The van der Waals surface area contributed by atoms with Gasteiger partial charge in [0.1, 0.15) is 5.75 Å². The van der Waals surface area contributed by atoms with Gasteiger partial charge < -0.3 is 9.84 Å². The number of ether oxygens (including phenoxy) is 1. The van der Waals surface area contributed by atoms with Crippen LogP contribution in [-0.4, -0.2) is 17.1 Å². The van der Waals surface area contributed by atoms with Crippen molar-refractivity contribution in [3.8, 4) is 11.5 Å². The smallest absolute Gasteiger partial charge is 0.314 e. The molecule has 0 radical (unpaired) electrons. The molecule has 0 fully saturated rings. The third-order valence-corrected chi connectivity index (χ3v) is 1.69. The van der Waals surface area contributed by atoms with E-state index in [0.717, 1.165) is 0 Å². The van der Waals surface area contributed by atoms with Crippen LogP contribution in [0.1, 0.15) is 5.56 Å². The van der Waals surface area contributed by atoms with Crippen molar-refractivity contribution < 1.29 is 14.8 Å². The summed E-state index contributed by atoms with van der Waals surface area (Å²) in [5, 5.41) is 19.7. The standard InChI is InChI=1S/C8H9NO4/c1-5-3-6(13-2)4-7(8(5)10)9(11)12/h3-4,10H,1-2H3. The van der Waals surface area contributed by atoms with Gasteiger partial charge in [0.2, 0.25) is 0 Å². The first-order valence-electron chi connectivity index (χ1n) is 3.58. The van der Waals surface area contributed by atoms with Crippen molar-refractivity contribution in [1.82, 2.24) is 0 Å². The zero-order valence-corrected chi connectivity index (χ0v) is 7.27. The number of phenols is 1. The van der Waals surface area contributed by atoms with Crippen LogP contribution >= 0.6 is 0 Å². The number of benzene rings is 1. The topological polar surface area (TPSA) is 72.6 Å². The number of aryl methyl sites for hydroxylation is 1. The van der Waals surface area contributed by atoms with Gasteiger partial charge in [-0.15, -0.1) is 0 Å². The summed E-state index contributed by atoms with van der Waals surface area (Å²) in [5.74, 6) is 0.0489. The Balaban J connectivity index is 3.33.